The Kier molecular flexibility index (Phi) is 4.20. The summed E-state index contributed by atoms with van der Waals surface area (Å²) in [5.41, 5.74) is 4.63. The van der Waals surface area contributed by atoms with Crippen LogP contribution in [0.4, 0.5) is 0 Å². The highest BCUT2D eigenvalue weighted by atomic mass is 16.1. The number of carbonyl (C=O) groups is 1. The molecular weight excluding hydrogens is 284 g/mol. The van der Waals surface area contributed by atoms with E-state index in [1.165, 1.54) is 5.56 Å². The molecule has 0 bridgehead atoms. The van der Waals surface area contributed by atoms with E-state index in [9.17, 15) is 4.79 Å². The molecule has 3 rings (SSSR count). The van der Waals surface area contributed by atoms with Crippen LogP contribution >= 0.6 is 0 Å². The molecule has 1 aromatic heterocycles. The normalized spacial score (nSPS) is 11.0. The number of benzene rings is 2. The molecule has 0 atom stereocenters. The Morgan fingerprint density at radius 1 is 1.00 bits per heavy atom. The summed E-state index contributed by atoms with van der Waals surface area (Å²) >= 11 is 0. The highest BCUT2D eigenvalue weighted by Crippen LogP contribution is 2.15. The quantitative estimate of drug-likeness (QED) is 0.529. The van der Waals surface area contributed by atoms with Crippen molar-refractivity contribution in [3.8, 4) is 5.69 Å². The van der Waals surface area contributed by atoms with Gasteiger partial charge >= 0.3 is 0 Å². The molecule has 0 spiro atoms. The molecule has 3 heteroatoms. The maximum atomic E-state index is 12.4. The van der Waals surface area contributed by atoms with Crippen molar-refractivity contribution in [1.29, 1.82) is 0 Å². The highest BCUT2D eigenvalue weighted by molar-refractivity contribution is 6.07. The summed E-state index contributed by atoms with van der Waals surface area (Å²) in [6.45, 7) is 3.95. The van der Waals surface area contributed by atoms with Gasteiger partial charge in [0.15, 0.2) is 5.78 Å². The monoisotopic (exact) mass is 302 g/mol. The fraction of sp³-hybridized carbons (Fsp3) is 0.100. The minimum atomic E-state index is -0.0368. The number of hydrogen-bond acceptors (Lipinski definition) is 2. The molecule has 2 aromatic carbocycles. The van der Waals surface area contributed by atoms with Crippen molar-refractivity contribution in [3.05, 3.63) is 89.3 Å². The van der Waals surface area contributed by atoms with Crippen LogP contribution in [0.15, 0.2) is 66.9 Å². The molecule has 0 aliphatic heterocycles. The molecule has 3 nitrogen and oxygen atoms in total. The lowest BCUT2D eigenvalue weighted by atomic mass is 10.1. The lowest BCUT2D eigenvalue weighted by Gasteiger charge is -2.04. The zero-order valence-corrected chi connectivity index (χ0v) is 13.2. The van der Waals surface area contributed by atoms with Gasteiger partial charge in [-0.2, -0.15) is 5.10 Å². The van der Waals surface area contributed by atoms with Gasteiger partial charge < -0.3 is 0 Å². The lowest BCUT2D eigenvalue weighted by Crippen LogP contribution is -2.01. The standard InChI is InChI=1S/C20H18N2O/c1-15-8-10-17(11-9-15)12-13-20(23)19-14-21-22(16(19)2)18-6-4-3-5-7-18/h3-14H,1-2H3/b13-12+. The first-order valence-electron chi connectivity index (χ1n) is 7.54. The van der Waals surface area contributed by atoms with E-state index in [2.05, 4.69) is 5.10 Å². The molecule has 23 heavy (non-hydrogen) atoms. The number of ketones is 1. The van der Waals surface area contributed by atoms with E-state index in [4.69, 9.17) is 0 Å². The first-order valence-corrected chi connectivity index (χ1v) is 7.54. The van der Waals surface area contributed by atoms with E-state index < -0.39 is 0 Å². The highest BCUT2D eigenvalue weighted by Gasteiger charge is 2.12. The van der Waals surface area contributed by atoms with Crippen molar-refractivity contribution in [2.75, 3.05) is 0 Å². The molecule has 0 saturated heterocycles. The predicted molar refractivity (Wildman–Crippen MR) is 92.8 cm³/mol. The van der Waals surface area contributed by atoms with Crippen LogP contribution in [-0.2, 0) is 0 Å². The molecule has 114 valence electrons. The molecular formula is C20H18N2O. The van der Waals surface area contributed by atoms with Crippen molar-refractivity contribution >= 4 is 11.9 Å². The summed E-state index contributed by atoms with van der Waals surface area (Å²) < 4.78 is 1.78. The Balaban J connectivity index is 1.83. The second-order valence-corrected chi connectivity index (χ2v) is 5.50. The average molecular weight is 302 g/mol. The van der Waals surface area contributed by atoms with Crippen molar-refractivity contribution in [1.82, 2.24) is 9.78 Å². The van der Waals surface area contributed by atoms with E-state index >= 15 is 0 Å². The number of para-hydroxylation sites is 1. The molecule has 0 fully saturated rings. The van der Waals surface area contributed by atoms with Crippen molar-refractivity contribution in [2.45, 2.75) is 13.8 Å². The fourth-order valence-electron chi connectivity index (χ4n) is 2.42. The Morgan fingerprint density at radius 2 is 1.70 bits per heavy atom. The SMILES string of the molecule is Cc1ccc(/C=C/C(=O)c2cnn(-c3ccccc3)c2C)cc1. The van der Waals surface area contributed by atoms with E-state index in [0.717, 1.165) is 16.9 Å². The van der Waals surface area contributed by atoms with Crippen LogP contribution in [0.2, 0.25) is 0 Å². The third-order valence-electron chi connectivity index (χ3n) is 3.78. The largest absolute Gasteiger partial charge is 0.289 e. The molecule has 0 N–H and O–H groups in total. The number of nitrogens with zero attached hydrogens (tertiary/aromatic N) is 2. The van der Waals surface area contributed by atoms with Crippen LogP contribution in [0.1, 0.15) is 27.2 Å². The number of allylic oxidation sites excluding steroid dienone is 1. The van der Waals surface area contributed by atoms with Crippen LogP contribution in [0.25, 0.3) is 11.8 Å². The van der Waals surface area contributed by atoms with Crippen LogP contribution in [0.3, 0.4) is 0 Å². The van der Waals surface area contributed by atoms with Gasteiger partial charge in [0.2, 0.25) is 0 Å². The van der Waals surface area contributed by atoms with Crippen LogP contribution < -0.4 is 0 Å². The Hall–Kier alpha value is -2.94. The number of aryl methyl sites for hydroxylation is 1. The number of hydrogen-bond donors (Lipinski definition) is 0. The third kappa shape index (κ3) is 3.29. The first kappa shape index (κ1) is 15.0. The number of aromatic nitrogens is 2. The van der Waals surface area contributed by atoms with E-state index in [1.54, 1.807) is 17.0 Å². The van der Waals surface area contributed by atoms with Gasteiger partial charge in [-0.15, -0.1) is 0 Å². The molecule has 1 heterocycles. The zero-order chi connectivity index (χ0) is 16.2. The van der Waals surface area contributed by atoms with Gasteiger partial charge in [-0.1, -0.05) is 54.1 Å². The Bertz CT molecular complexity index is 843. The van der Waals surface area contributed by atoms with Crippen molar-refractivity contribution < 1.29 is 4.79 Å². The van der Waals surface area contributed by atoms with Crippen LogP contribution in [0, 0.1) is 13.8 Å². The van der Waals surface area contributed by atoms with Crippen molar-refractivity contribution in [2.24, 2.45) is 0 Å². The topological polar surface area (TPSA) is 34.9 Å². The zero-order valence-electron chi connectivity index (χ0n) is 13.2. The first-order chi connectivity index (χ1) is 11.1. The van der Waals surface area contributed by atoms with Crippen LogP contribution in [-0.4, -0.2) is 15.6 Å². The van der Waals surface area contributed by atoms with E-state index in [1.807, 2.05) is 74.5 Å². The Morgan fingerprint density at radius 3 is 2.39 bits per heavy atom. The number of carbonyl (C=O) groups excluding carboxylic acids is 1. The number of rotatable bonds is 4. The van der Waals surface area contributed by atoms with E-state index in [0.29, 0.717) is 5.56 Å². The van der Waals surface area contributed by atoms with Gasteiger partial charge in [-0.3, -0.25) is 4.79 Å². The van der Waals surface area contributed by atoms with Gasteiger partial charge in [-0.05, 0) is 37.6 Å². The summed E-state index contributed by atoms with van der Waals surface area (Å²) in [6, 6.07) is 17.9. The maximum Gasteiger partial charge on any atom is 0.189 e. The smallest absolute Gasteiger partial charge is 0.189 e. The molecule has 3 aromatic rings. The molecule has 0 saturated carbocycles. The second kappa shape index (κ2) is 6.44. The predicted octanol–water partition coefficient (Wildman–Crippen LogP) is 4.39. The third-order valence-corrected chi connectivity index (χ3v) is 3.78. The minimum absolute atomic E-state index is 0.0368. The lowest BCUT2D eigenvalue weighted by molar-refractivity contribution is 0.104. The fourth-order valence-corrected chi connectivity index (χ4v) is 2.42. The van der Waals surface area contributed by atoms with Crippen LogP contribution in [0.5, 0.6) is 0 Å². The van der Waals surface area contributed by atoms with Gasteiger partial charge in [0.05, 0.1) is 23.1 Å². The average Bonchev–Trinajstić information content (AvgIpc) is 2.96. The van der Waals surface area contributed by atoms with Gasteiger partial charge in [-0.25, -0.2) is 4.68 Å². The second-order valence-electron chi connectivity index (χ2n) is 5.50. The molecule has 0 radical (unpaired) electrons. The molecule has 0 amide bonds. The van der Waals surface area contributed by atoms with E-state index in [-0.39, 0.29) is 5.78 Å². The van der Waals surface area contributed by atoms with Crippen molar-refractivity contribution in [3.63, 3.8) is 0 Å². The van der Waals surface area contributed by atoms with Gasteiger partial charge in [0, 0.05) is 0 Å². The molecule has 0 aliphatic carbocycles. The summed E-state index contributed by atoms with van der Waals surface area (Å²) in [5, 5.41) is 4.34. The summed E-state index contributed by atoms with van der Waals surface area (Å²) in [7, 11) is 0. The van der Waals surface area contributed by atoms with Gasteiger partial charge in [0.25, 0.3) is 0 Å². The Labute approximate surface area is 135 Å². The van der Waals surface area contributed by atoms with Gasteiger partial charge in [0.1, 0.15) is 0 Å². The summed E-state index contributed by atoms with van der Waals surface area (Å²) in [4.78, 5) is 12.4. The minimum Gasteiger partial charge on any atom is -0.289 e. The molecule has 0 aliphatic rings. The summed E-state index contributed by atoms with van der Waals surface area (Å²) in [5.74, 6) is -0.0368. The summed E-state index contributed by atoms with van der Waals surface area (Å²) in [6.07, 6.45) is 5.06. The molecule has 0 unspecified atom stereocenters. The maximum absolute atomic E-state index is 12.4.